The number of carboxylic acids is 1. The number of amides is 1. The average molecular weight is 553 g/mol. The molecule has 2 N–H and O–H groups in total. The molecule has 1 amide bonds. The van der Waals surface area contributed by atoms with Crippen molar-refractivity contribution < 1.29 is 24.2 Å². The summed E-state index contributed by atoms with van der Waals surface area (Å²) in [5.74, 6) is -3.88. The number of benzene rings is 3. The van der Waals surface area contributed by atoms with Crippen LogP contribution in [0.1, 0.15) is 40.0 Å². The Hall–Kier alpha value is -2.45. The van der Waals surface area contributed by atoms with Crippen LogP contribution in [0.15, 0.2) is 65.1 Å². The summed E-state index contributed by atoms with van der Waals surface area (Å²) in [5.41, 5.74) is -2.04. The number of nitrogens with zero attached hydrogens (tertiary/aromatic N) is 1. The number of carbonyl (C=O) groups excluding carboxylic acids is 1. The van der Waals surface area contributed by atoms with Crippen LogP contribution in [0.25, 0.3) is 0 Å². The molecule has 1 aliphatic heterocycles. The van der Waals surface area contributed by atoms with Gasteiger partial charge in [0.25, 0.3) is 5.91 Å². The minimum absolute atomic E-state index is 0.0733. The fraction of sp³-hybridized carbons (Fsp3) is 0.167. The Morgan fingerprint density at radius 2 is 1.61 bits per heavy atom. The fourth-order valence-corrected chi connectivity index (χ4v) is 4.93. The lowest BCUT2D eigenvalue weighted by Gasteiger charge is -2.42. The molecule has 170 valence electrons. The summed E-state index contributed by atoms with van der Waals surface area (Å²) in [4.78, 5) is 26.8. The van der Waals surface area contributed by atoms with E-state index in [1.807, 2.05) is 0 Å². The van der Waals surface area contributed by atoms with Gasteiger partial charge in [0, 0.05) is 20.1 Å². The second-order valence-electron chi connectivity index (χ2n) is 7.79. The van der Waals surface area contributed by atoms with Gasteiger partial charge in [-0.3, -0.25) is 14.5 Å². The number of hydrogen-bond acceptors (Lipinski definition) is 3. The van der Waals surface area contributed by atoms with Gasteiger partial charge in [0.15, 0.2) is 5.72 Å². The molecule has 3 aromatic rings. The Bertz CT molecular complexity index is 1250. The number of carboxylic acid groups (broad SMARTS) is 1. The summed E-state index contributed by atoms with van der Waals surface area (Å²) in [6, 6.07) is 13.6. The molecule has 0 aromatic heterocycles. The van der Waals surface area contributed by atoms with Gasteiger partial charge in [-0.05, 0) is 48.9 Å². The SMILES string of the molecule is CC(C(=O)O)C(c1ccc(Cl)cc1)N1C(=O)c2cc(Br)cc(F)c2C1(O)c1ccc(Cl)cc1. The molecule has 9 heteroatoms. The Kier molecular flexibility index (Phi) is 6.26. The van der Waals surface area contributed by atoms with E-state index in [9.17, 15) is 19.8 Å². The van der Waals surface area contributed by atoms with Crippen LogP contribution in [-0.4, -0.2) is 27.0 Å². The van der Waals surface area contributed by atoms with E-state index in [1.54, 1.807) is 24.3 Å². The van der Waals surface area contributed by atoms with Crippen LogP contribution in [0.5, 0.6) is 0 Å². The zero-order valence-corrected chi connectivity index (χ0v) is 20.2. The molecule has 1 heterocycles. The smallest absolute Gasteiger partial charge is 0.308 e. The van der Waals surface area contributed by atoms with Gasteiger partial charge in [0.05, 0.1) is 23.1 Å². The number of halogens is 4. The second-order valence-corrected chi connectivity index (χ2v) is 9.58. The zero-order chi connectivity index (χ0) is 24.1. The second kappa shape index (κ2) is 8.72. The predicted octanol–water partition coefficient (Wildman–Crippen LogP) is 6.01. The Morgan fingerprint density at radius 3 is 2.15 bits per heavy atom. The van der Waals surface area contributed by atoms with E-state index in [-0.39, 0.29) is 16.7 Å². The molecule has 3 unspecified atom stereocenters. The Morgan fingerprint density at radius 1 is 1.06 bits per heavy atom. The third kappa shape index (κ3) is 3.93. The van der Waals surface area contributed by atoms with E-state index >= 15 is 4.39 Å². The predicted molar refractivity (Wildman–Crippen MR) is 126 cm³/mol. The highest BCUT2D eigenvalue weighted by atomic mass is 79.9. The van der Waals surface area contributed by atoms with Gasteiger partial charge in [-0.1, -0.05) is 63.4 Å². The summed E-state index contributed by atoms with van der Waals surface area (Å²) in [5, 5.41) is 22.8. The van der Waals surface area contributed by atoms with Crippen molar-refractivity contribution in [3.8, 4) is 0 Å². The van der Waals surface area contributed by atoms with E-state index in [4.69, 9.17) is 23.2 Å². The first kappa shape index (κ1) is 23.7. The summed E-state index contributed by atoms with van der Waals surface area (Å²) < 4.78 is 15.6. The van der Waals surface area contributed by atoms with E-state index < -0.39 is 35.4 Å². The van der Waals surface area contributed by atoms with E-state index in [2.05, 4.69) is 15.9 Å². The highest BCUT2D eigenvalue weighted by Gasteiger charge is 2.56. The van der Waals surface area contributed by atoms with Gasteiger partial charge >= 0.3 is 5.97 Å². The summed E-state index contributed by atoms with van der Waals surface area (Å²) in [6.45, 7) is 1.42. The molecule has 33 heavy (non-hydrogen) atoms. The van der Waals surface area contributed by atoms with Crippen molar-refractivity contribution in [3.63, 3.8) is 0 Å². The maximum absolute atomic E-state index is 15.3. The van der Waals surface area contributed by atoms with Crippen molar-refractivity contribution >= 4 is 51.0 Å². The Labute approximate surface area is 207 Å². The molecular formula is C24H17BrCl2FNO4. The van der Waals surface area contributed by atoms with Gasteiger partial charge in [-0.2, -0.15) is 0 Å². The molecule has 0 fully saturated rings. The molecule has 0 saturated carbocycles. The molecule has 1 aliphatic rings. The van der Waals surface area contributed by atoms with E-state index in [0.29, 0.717) is 20.1 Å². The van der Waals surface area contributed by atoms with Crippen molar-refractivity contribution in [2.24, 2.45) is 5.92 Å². The number of fused-ring (bicyclic) bond motifs is 1. The van der Waals surface area contributed by atoms with Crippen molar-refractivity contribution in [1.29, 1.82) is 0 Å². The molecule has 0 aliphatic carbocycles. The number of hydrogen-bond donors (Lipinski definition) is 2. The van der Waals surface area contributed by atoms with Crippen LogP contribution in [0.4, 0.5) is 4.39 Å². The topological polar surface area (TPSA) is 77.8 Å². The first-order chi connectivity index (χ1) is 15.6. The first-order valence-corrected chi connectivity index (χ1v) is 11.4. The Balaban J connectivity index is 2.04. The lowest BCUT2D eigenvalue weighted by Crippen LogP contribution is -2.49. The molecule has 3 aromatic carbocycles. The van der Waals surface area contributed by atoms with Gasteiger partial charge in [0.2, 0.25) is 0 Å². The molecule has 0 radical (unpaired) electrons. The minimum atomic E-state index is -2.30. The zero-order valence-electron chi connectivity index (χ0n) is 17.1. The van der Waals surface area contributed by atoms with Crippen LogP contribution >= 0.6 is 39.1 Å². The summed E-state index contributed by atoms with van der Waals surface area (Å²) in [7, 11) is 0. The third-order valence-corrected chi connectivity index (χ3v) is 6.76. The number of aliphatic carboxylic acids is 1. The molecule has 5 nitrogen and oxygen atoms in total. The van der Waals surface area contributed by atoms with Crippen LogP contribution in [-0.2, 0) is 10.5 Å². The van der Waals surface area contributed by atoms with Crippen molar-refractivity contribution in [3.05, 3.63) is 103 Å². The van der Waals surface area contributed by atoms with Crippen molar-refractivity contribution in [2.45, 2.75) is 18.7 Å². The summed E-state index contributed by atoms with van der Waals surface area (Å²) >= 11 is 15.2. The fourth-order valence-electron chi connectivity index (χ4n) is 4.24. The lowest BCUT2D eigenvalue weighted by molar-refractivity contribution is -0.147. The van der Waals surface area contributed by atoms with Crippen molar-refractivity contribution in [2.75, 3.05) is 0 Å². The van der Waals surface area contributed by atoms with Crippen LogP contribution in [0.2, 0.25) is 10.0 Å². The molecule has 0 bridgehead atoms. The largest absolute Gasteiger partial charge is 0.481 e. The molecule has 0 spiro atoms. The first-order valence-electron chi connectivity index (χ1n) is 9.85. The molecule has 0 saturated heterocycles. The number of rotatable bonds is 5. The average Bonchev–Trinajstić information content (AvgIpc) is 2.98. The molecular weight excluding hydrogens is 536 g/mol. The standard InChI is InChI=1S/C24H17BrCl2FNO4/c1-12(23(31)32)21(13-2-6-16(26)7-3-13)29-22(30)18-10-15(25)11-19(28)20(18)24(29,33)14-4-8-17(27)9-5-14/h2-12,21,33H,1H3,(H,31,32). The summed E-state index contributed by atoms with van der Waals surface area (Å²) in [6.07, 6.45) is 0. The molecule has 4 rings (SSSR count). The maximum atomic E-state index is 15.3. The van der Waals surface area contributed by atoms with Crippen molar-refractivity contribution in [1.82, 2.24) is 4.90 Å². The normalized spacial score (nSPS) is 19.3. The van der Waals surface area contributed by atoms with Crippen LogP contribution in [0, 0.1) is 11.7 Å². The van der Waals surface area contributed by atoms with Gasteiger partial charge in [-0.25, -0.2) is 4.39 Å². The number of carbonyl (C=O) groups is 2. The van der Waals surface area contributed by atoms with E-state index in [1.165, 1.54) is 37.3 Å². The quantitative estimate of drug-likeness (QED) is 0.406. The number of aliphatic hydroxyl groups is 1. The van der Waals surface area contributed by atoms with Gasteiger partial charge < -0.3 is 10.2 Å². The monoisotopic (exact) mass is 551 g/mol. The minimum Gasteiger partial charge on any atom is -0.481 e. The van der Waals surface area contributed by atoms with Crippen LogP contribution in [0.3, 0.4) is 0 Å². The molecule has 3 atom stereocenters. The highest BCUT2D eigenvalue weighted by Crippen LogP contribution is 2.50. The third-order valence-electron chi connectivity index (χ3n) is 5.80. The van der Waals surface area contributed by atoms with Gasteiger partial charge in [-0.15, -0.1) is 0 Å². The highest BCUT2D eigenvalue weighted by molar-refractivity contribution is 9.10. The van der Waals surface area contributed by atoms with Crippen LogP contribution < -0.4 is 0 Å². The van der Waals surface area contributed by atoms with E-state index in [0.717, 1.165) is 11.0 Å². The lowest BCUT2D eigenvalue weighted by atomic mass is 9.88. The maximum Gasteiger partial charge on any atom is 0.308 e. The van der Waals surface area contributed by atoms with Gasteiger partial charge in [0.1, 0.15) is 5.82 Å².